The zero-order valence-corrected chi connectivity index (χ0v) is 18.6. The minimum Gasteiger partial charge on any atom is -0.453 e. The van der Waals surface area contributed by atoms with Gasteiger partial charge < -0.3 is 14.5 Å². The van der Waals surface area contributed by atoms with E-state index < -0.39 is 15.7 Å². The van der Waals surface area contributed by atoms with Crippen LogP contribution in [-0.4, -0.2) is 34.6 Å². The highest BCUT2D eigenvalue weighted by Gasteiger charge is 2.16. The third-order valence-electron chi connectivity index (χ3n) is 4.89. The lowest BCUT2D eigenvalue weighted by Gasteiger charge is -2.13. The van der Waals surface area contributed by atoms with E-state index in [2.05, 4.69) is 19.9 Å². The summed E-state index contributed by atoms with van der Waals surface area (Å²) in [5.41, 5.74) is 1.73. The Labute approximate surface area is 194 Å². The topological polar surface area (TPSA) is 107 Å². The van der Waals surface area contributed by atoms with Crippen LogP contribution in [0.1, 0.15) is 0 Å². The molecule has 0 saturated carbocycles. The van der Waals surface area contributed by atoms with Crippen molar-refractivity contribution in [2.24, 2.45) is 0 Å². The van der Waals surface area contributed by atoms with Crippen molar-refractivity contribution in [1.82, 2.24) is 19.9 Å². The molecule has 0 fully saturated rings. The van der Waals surface area contributed by atoms with E-state index in [0.717, 1.165) is 6.26 Å². The molecule has 0 radical (unpaired) electrons. The summed E-state index contributed by atoms with van der Waals surface area (Å²) in [6.45, 7) is 0. The van der Waals surface area contributed by atoms with Crippen LogP contribution in [0, 0.1) is 5.82 Å². The fraction of sp³-hybridized carbons (Fsp3) is 0.0417. The van der Waals surface area contributed by atoms with Crippen LogP contribution in [0.25, 0.3) is 22.6 Å². The molecule has 0 aliphatic rings. The van der Waals surface area contributed by atoms with Gasteiger partial charge in [0.1, 0.15) is 11.4 Å². The lowest BCUT2D eigenvalue weighted by atomic mass is 10.2. The molecule has 0 unspecified atom stereocenters. The van der Waals surface area contributed by atoms with Gasteiger partial charge in [0.05, 0.1) is 22.1 Å². The van der Waals surface area contributed by atoms with Gasteiger partial charge in [-0.2, -0.15) is 0 Å². The van der Waals surface area contributed by atoms with Crippen LogP contribution >= 0.6 is 0 Å². The maximum atomic E-state index is 14.3. The Morgan fingerprint density at radius 2 is 1.68 bits per heavy atom. The molecule has 0 spiro atoms. The monoisotopic (exact) mass is 476 g/mol. The smallest absolute Gasteiger partial charge is 0.175 e. The van der Waals surface area contributed by atoms with E-state index in [4.69, 9.17) is 9.47 Å². The zero-order chi connectivity index (χ0) is 23.7. The summed E-state index contributed by atoms with van der Waals surface area (Å²) in [6.07, 6.45) is 5.83. The Morgan fingerprint density at radius 3 is 2.38 bits per heavy atom. The van der Waals surface area contributed by atoms with Gasteiger partial charge in [-0.3, -0.25) is 4.98 Å². The third kappa shape index (κ3) is 4.44. The Morgan fingerprint density at radius 1 is 0.912 bits per heavy atom. The molecule has 2 heterocycles. The number of rotatable bonds is 6. The minimum atomic E-state index is -3.34. The molecular formula is C24H17FN4O4S. The summed E-state index contributed by atoms with van der Waals surface area (Å²) in [7, 11) is -3.34. The van der Waals surface area contributed by atoms with Crippen molar-refractivity contribution in [2.45, 2.75) is 4.90 Å². The van der Waals surface area contributed by atoms with Crippen molar-refractivity contribution in [3.8, 4) is 34.5 Å². The van der Waals surface area contributed by atoms with Crippen LogP contribution in [0.15, 0.2) is 84.1 Å². The molecule has 34 heavy (non-hydrogen) atoms. The highest BCUT2D eigenvalue weighted by atomic mass is 32.2. The summed E-state index contributed by atoms with van der Waals surface area (Å²) in [6, 6.07) is 15.3. The molecule has 0 atom stereocenters. The first-order valence-corrected chi connectivity index (χ1v) is 12.0. The van der Waals surface area contributed by atoms with E-state index in [0.29, 0.717) is 28.3 Å². The Balaban J connectivity index is 1.57. The molecular weight excluding hydrogens is 459 g/mol. The second kappa shape index (κ2) is 8.56. The predicted molar refractivity (Wildman–Crippen MR) is 123 cm³/mol. The van der Waals surface area contributed by atoms with E-state index in [1.807, 2.05) is 0 Å². The first-order chi connectivity index (χ1) is 16.4. The first kappa shape index (κ1) is 21.5. The van der Waals surface area contributed by atoms with Gasteiger partial charge in [-0.25, -0.2) is 22.8 Å². The average Bonchev–Trinajstić information content (AvgIpc) is 3.24. The Kier molecular flexibility index (Phi) is 5.42. The number of aromatic amines is 1. The Bertz CT molecular complexity index is 1590. The van der Waals surface area contributed by atoms with E-state index in [-0.39, 0.29) is 22.1 Å². The van der Waals surface area contributed by atoms with Gasteiger partial charge in [0.15, 0.2) is 38.7 Å². The summed E-state index contributed by atoms with van der Waals surface area (Å²) < 4.78 is 49.6. The summed E-state index contributed by atoms with van der Waals surface area (Å²) in [5, 5.41) is 0. The summed E-state index contributed by atoms with van der Waals surface area (Å²) in [4.78, 5) is 16.2. The molecule has 3 aromatic carbocycles. The van der Waals surface area contributed by atoms with Crippen molar-refractivity contribution in [3.63, 3.8) is 0 Å². The molecule has 0 amide bonds. The normalized spacial score (nSPS) is 11.5. The number of nitrogens with one attached hydrogen (secondary N) is 1. The van der Waals surface area contributed by atoms with Gasteiger partial charge >= 0.3 is 0 Å². The van der Waals surface area contributed by atoms with Gasteiger partial charge in [-0.1, -0.05) is 12.1 Å². The highest BCUT2D eigenvalue weighted by Crippen LogP contribution is 2.39. The number of hydrogen-bond acceptors (Lipinski definition) is 7. The van der Waals surface area contributed by atoms with Gasteiger partial charge in [0, 0.05) is 30.8 Å². The van der Waals surface area contributed by atoms with Gasteiger partial charge in [-0.15, -0.1) is 0 Å². The van der Waals surface area contributed by atoms with Crippen LogP contribution < -0.4 is 9.47 Å². The number of imidazole rings is 1. The number of benzene rings is 3. The van der Waals surface area contributed by atoms with Crippen LogP contribution in [0.5, 0.6) is 23.0 Å². The van der Waals surface area contributed by atoms with E-state index in [9.17, 15) is 12.8 Å². The van der Waals surface area contributed by atoms with Crippen molar-refractivity contribution in [1.29, 1.82) is 0 Å². The van der Waals surface area contributed by atoms with Crippen LogP contribution in [0.2, 0.25) is 0 Å². The molecule has 0 aliphatic heterocycles. The molecule has 0 bridgehead atoms. The van der Waals surface area contributed by atoms with Crippen molar-refractivity contribution in [2.75, 3.05) is 6.26 Å². The highest BCUT2D eigenvalue weighted by molar-refractivity contribution is 7.90. The molecule has 5 rings (SSSR count). The van der Waals surface area contributed by atoms with Crippen molar-refractivity contribution in [3.05, 3.63) is 85.1 Å². The number of nitrogens with zero attached hydrogens (tertiary/aromatic N) is 3. The fourth-order valence-corrected chi connectivity index (χ4v) is 3.88. The number of hydrogen-bond donors (Lipinski definition) is 1. The molecule has 5 aromatic rings. The second-order valence-electron chi connectivity index (χ2n) is 7.37. The molecule has 8 nitrogen and oxygen atoms in total. The zero-order valence-electron chi connectivity index (χ0n) is 17.8. The van der Waals surface area contributed by atoms with Crippen LogP contribution in [0.3, 0.4) is 0 Å². The van der Waals surface area contributed by atoms with Crippen molar-refractivity contribution >= 4 is 20.9 Å². The fourth-order valence-electron chi connectivity index (χ4n) is 3.25. The van der Waals surface area contributed by atoms with Gasteiger partial charge in [-0.05, 0) is 36.4 Å². The number of sulfone groups is 1. The van der Waals surface area contributed by atoms with Crippen LogP contribution in [-0.2, 0) is 9.84 Å². The molecule has 0 saturated heterocycles. The van der Waals surface area contributed by atoms with Gasteiger partial charge in [0.25, 0.3) is 0 Å². The largest absolute Gasteiger partial charge is 0.453 e. The lowest BCUT2D eigenvalue weighted by Crippen LogP contribution is -1.97. The quantitative estimate of drug-likeness (QED) is 0.361. The molecule has 10 heteroatoms. The van der Waals surface area contributed by atoms with E-state index >= 15 is 0 Å². The maximum absolute atomic E-state index is 14.3. The minimum absolute atomic E-state index is 0.0174. The lowest BCUT2D eigenvalue weighted by molar-refractivity contribution is 0.402. The molecule has 170 valence electrons. The standard InChI is InChI=1S/C24H17FN4O4S/c1-34(30,31)16-8-6-15(7-9-16)32-22-12-18-19(29-24(28-18)20-14-26-10-11-27-20)13-23(22)33-21-5-3-2-4-17(21)25/h2-14H,1H3,(H,28,29). The molecule has 0 aliphatic carbocycles. The van der Waals surface area contributed by atoms with E-state index in [1.54, 1.807) is 42.9 Å². The predicted octanol–water partition coefficient (Wildman–Crippen LogP) is 5.15. The number of H-pyrrole nitrogens is 1. The average molecular weight is 476 g/mol. The summed E-state index contributed by atoms with van der Waals surface area (Å²) in [5.74, 6) is 0.852. The van der Waals surface area contributed by atoms with Crippen molar-refractivity contribution < 1.29 is 22.3 Å². The first-order valence-electron chi connectivity index (χ1n) is 10.1. The van der Waals surface area contributed by atoms with E-state index in [1.165, 1.54) is 36.4 Å². The summed E-state index contributed by atoms with van der Waals surface area (Å²) >= 11 is 0. The second-order valence-corrected chi connectivity index (χ2v) is 9.39. The number of fused-ring (bicyclic) bond motifs is 1. The maximum Gasteiger partial charge on any atom is 0.175 e. The number of para-hydroxylation sites is 1. The number of aromatic nitrogens is 4. The Hall–Kier alpha value is -4.31. The molecule has 1 N–H and O–H groups in total. The van der Waals surface area contributed by atoms with Gasteiger partial charge in [0.2, 0.25) is 0 Å². The number of halogens is 1. The van der Waals surface area contributed by atoms with Crippen LogP contribution in [0.4, 0.5) is 4.39 Å². The molecule has 2 aromatic heterocycles. The number of ether oxygens (including phenoxy) is 2. The third-order valence-corrected chi connectivity index (χ3v) is 6.02. The SMILES string of the molecule is CS(=O)(=O)c1ccc(Oc2cc3[nH]c(-c4cnccn4)nc3cc2Oc2ccccc2F)cc1.